The van der Waals surface area contributed by atoms with E-state index < -0.39 is 17.4 Å². The largest absolute Gasteiger partial charge is 0.495 e. The molecule has 2 heterocycles. The lowest BCUT2D eigenvalue weighted by Crippen LogP contribution is -2.16. The second kappa shape index (κ2) is 6.62. The van der Waals surface area contributed by atoms with Crippen LogP contribution in [0.5, 0.6) is 5.75 Å². The molecule has 0 unspecified atom stereocenters. The fraction of sp³-hybridized carbons (Fsp3) is 0.0526. The summed E-state index contributed by atoms with van der Waals surface area (Å²) < 4.78 is 20.2. The highest BCUT2D eigenvalue weighted by Crippen LogP contribution is 2.26. The molecule has 9 heteroatoms. The van der Waals surface area contributed by atoms with Crippen LogP contribution >= 0.6 is 0 Å². The van der Waals surface area contributed by atoms with Crippen LogP contribution in [0.15, 0.2) is 53.3 Å². The average Bonchev–Trinajstić information content (AvgIpc) is 3.02. The van der Waals surface area contributed by atoms with Crippen molar-refractivity contribution in [2.45, 2.75) is 0 Å². The summed E-state index contributed by atoms with van der Waals surface area (Å²) in [6.45, 7) is 0. The van der Waals surface area contributed by atoms with E-state index >= 15 is 0 Å². The highest BCUT2D eigenvalue weighted by molar-refractivity contribution is 6.02. The summed E-state index contributed by atoms with van der Waals surface area (Å²) in [5.74, 6) is -0.850. The molecule has 140 valence electrons. The Kier molecular flexibility index (Phi) is 4.11. The van der Waals surface area contributed by atoms with Crippen LogP contribution in [0, 0.1) is 5.82 Å². The zero-order chi connectivity index (χ0) is 19.8. The highest BCUT2D eigenvalue weighted by atomic mass is 19.1. The lowest BCUT2D eigenvalue weighted by Gasteiger charge is -2.09. The van der Waals surface area contributed by atoms with Crippen LogP contribution in [0.2, 0.25) is 0 Å². The second-order valence-corrected chi connectivity index (χ2v) is 5.91. The standard InChI is InChI=1S/C19H14FN5O3/c1-28-13-8-3-2-7-12(13)25-18-15(23-19(25)27)14(16(21)26)22-17(24-18)10-5-4-6-11(20)9-10/h2-9H,1H3,(H2,21,26)(H,23,27). The van der Waals surface area contributed by atoms with E-state index in [1.54, 1.807) is 30.3 Å². The van der Waals surface area contributed by atoms with Crippen molar-refractivity contribution in [3.63, 3.8) is 0 Å². The number of hydrogen-bond acceptors (Lipinski definition) is 5. The van der Waals surface area contributed by atoms with E-state index in [1.165, 1.54) is 29.9 Å². The van der Waals surface area contributed by atoms with Gasteiger partial charge in [0, 0.05) is 5.56 Å². The summed E-state index contributed by atoms with van der Waals surface area (Å²) in [6, 6.07) is 12.4. The predicted octanol–water partition coefficient (Wildman–Crippen LogP) is 2.02. The number of carbonyl (C=O) groups excluding carboxylic acids is 1. The van der Waals surface area contributed by atoms with Gasteiger partial charge in [0.15, 0.2) is 17.2 Å². The molecule has 0 radical (unpaired) electrons. The van der Waals surface area contributed by atoms with Gasteiger partial charge in [0.25, 0.3) is 5.91 Å². The van der Waals surface area contributed by atoms with E-state index in [0.717, 1.165) is 0 Å². The Morgan fingerprint density at radius 3 is 2.68 bits per heavy atom. The van der Waals surface area contributed by atoms with Crippen molar-refractivity contribution in [1.82, 2.24) is 19.5 Å². The lowest BCUT2D eigenvalue weighted by atomic mass is 10.2. The number of ether oxygens (including phenoxy) is 1. The van der Waals surface area contributed by atoms with Gasteiger partial charge < -0.3 is 15.5 Å². The molecular weight excluding hydrogens is 365 g/mol. The van der Waals surface area contributed by atoms with E-state index in [2.05, 4.69) is 15.0 Å². The van der Waals surface area contributed by atoms with Gasteiger partial charge in [-0.05, 0) is 24.3 Å². The van der Waals surface area contributed by atoms with Crippen molar-refractivity contribution in [2.75, 3.05) is 7.11 Å². The van der Waals surface area contributed by atoms with Crippen molar-refractivity contribution >= 4 is 17.1 Å². The summed E-state index contributed by atoms with van der Waals surface area (Å²) in [4.78, 5) is 35.7. The van der Waals surface area contributed by atoms with E-state index in [4.69, 9.17) is 10.5 Å². The number of methoxy groups -OCH3 is 1. The molecule has 0 fully saturated rings. The van der Waals surface area contributed by atoms with Gasteiger partial charge in [-0.25, -0.2) is 23.7 Å². The van der Waals surface area contributed by atoms with Crippen LogP contribution in [-0.2, 0) is 0 Å². The number of carbonyl (C=O) groups is 1. The molecule has 0 bridgehead atoms. The van der Waals surface area contributed by atoms with Gasteiger partial charge >= 0.3 is 5.69 Å². The maximum Gasteiger partial charge on any atom is 0.332 e. The molecule has 0 saturated heterocycles. The number of fused-ring (bicyclic) bond motifs is 1. The van der Waals surface area contributed by atoms with Crippen LogP contribution in [0.4, 0.5) is 4.39 Å². The Balaban J connectivity index is 2.09. The van der Waals surface area contributed by atoms with Gasteiger partial charge in [0.05, 0.1) is 12.8 Å². The molecule has 0 saturated carbocycles. The number of halogens is 1. The maximum absolute atomic E-state index is 13.6. The summed E-state index contributed by atoms with van der Waals surface area (Å²) in [6.07, 6.45) is 0. The monoisotopic (exact) mass is 379 g/mol. The van der Waals surface area contributed by atoms with Gasteiger partial charge in [-0.2, -0.15) is 0 Å². The van der Waals surface area contributed by atoms with Gasteiger partial charge in [0.2, 0.25) is 0 Å². The molecule has 0 spiro atoms. The van der Waals surface area contributed by atoms with E-state index in [1.807, 2.05) is 0 Å². The third-order valence-electron chi connectivity index (χ3n) is 4.18. The van der Waals surface area contributed by atoms with E-state index in [9.17, 15) is 14.0 Å². The van der Waals surface area contributed by atoms with Gasteiger partial charge in [-0.15, -0.1) is 0 Å². The number of H-pyrrole nitrogens is 1. The minimum Gasteiger partial charge on any atom is -0.495 e. The fourth-order valence-electron chi connectivity index (χ4n) is 2.96. The summed E-state index contributed by atoms with van der Waals surface area (Å²) >= 11 is 0. The number of aromatic nitrogens is 4. The number of nitrogens with two attached hydrogens (primary N) is 1. The molecule has 0 aliphatic rings. The smallest absolute Gasteiger partial charge is 0.332 e. The van der Waals surface area contributed by atoms with Crippen LogP contribution in [0.3, 0.4) is 0 Å². The molecule has 0 atom stereocenters. The van der Waals surface area contributed by atoms with E-state index in [0.29, 0.717) is 17.0 Å². The van der Waals surface area contributed by atoms with Gasteiger partial charge in [-0.1, -0.05) is 24.3 Å². The maximum atomic E-state index is 13.6. The number of benzene rings is 2. The number of imidazole rings is 1. The zero-order valence-electron chi connectivity index (χ0n) is 14.6. The number of primary amides is 1. The molecule has 4 aromatic rings. The molecule has 0 aliphatic heterocycles. The Morgan fingerprint density at radius 1 is 1.18 bits per heavy atom. The van der Waals surface area contributed by atoms with Crippen molar-refractivity contribution in [3.8, 4) is 22.8 Å². The van der Waals surface area contributed by atoms with Gasteiger partial charge in [-0.3, -0.25) is 4.79 Å². The molecule has 0 aliphatic carbocycles. The third-order valence-corrected chi connectivity index (χ3v) is 4.18. The number of para-hydroxylation sites is 2. The molecule has 3 N–H and O–H groups in total. The first kappa shape index (κ1) is 17.4. The van der Waals surface area contributed by atoms with Crippen LogP contribution in [0.1, 0.15) is 10.5 Å². The minimum atomic E-state index is -0.849. The number of aromatic amines is 1. The lowest BCUT2D eigenvalue weighted by molar-refractivity contribution is 0.0997. The molecule has 2 aromatic heterocycles. The quantitative estimate of drug-likeness (QED) is 0.563. The zero-order valence-corrected chi connectivity index (χ0v) is 14.6. The Hall–Kier alpha value is -4.01. The number of nitrogens with zero attached hydrogens (tertiary/aromatic N) is 3. The molecule has 8 nitrogen and oxygen atoms in total. The first-order chi connectivity index (χ1) is 13.5. The number of hydrogen-bond donors (Lipinski definition) is 2. The predicted molar refractivity (Wildman–Crippen MR) is 99.9 cm³/mol. The normalized spacial score (nSPS) is 10.9. The van der Waals surface area contributed by atoms with Crippen LogP contribution in [0.25, 0.3) is 28.2 Å². The van der Waals surface area contributed by atoms with Crippen molar-refractivity contribution < 1.29 is 13.9 Å². The van der Waals surface area contributed by atoms with Crippen LogP contribution < -0.4 is 16.2 Å². The first-order valence-electron chi connectivity index (χ1n) is 8.21. The third kappa shape index (κ3) is 2.78. The summed E-state index contributed by atoms with van der Waals surface area (Å²) in [5, 5.41) is 0. The topological polar surface area (TPSA) is 116 Å². The number of nitrogens with one attached hydrogen (secondary N) is 1. The summed E-state index contributed by atoms with van der Waals surface area (Å²) in [5.41, 5.74) is 5.70. The second-order valence-electron chi connectivity index (χ2n) is 5.91. The Bertz CT molecular complexity index is 1280. The summed E-state index contributed by atoms with van der Waals surface area (Å²) in [7, 11) is 1.47. The van der Waals surface area contributed by atoms with Crippen LogP contribution in [-0.4, -0.2) is 32.5 Å². The Morgan fingerprint density at radius 2 is 1.96 bits per heavy atom. The highest BCUT2D eigenvalue weighted by Gasteiger charge is 2.21. The first-order valence-corrected chi connectivity index (χ1v) is 8.21. The van der Waals surface area contributed by atoms with Crippen molar-refractivity contribution in [3.05, 3.63) is 70.5 Å². The molecule has 2 aromatic carbocycles. The number of rotatable bonds is 4. The molecule has 1 amide bonds. The SMILES string of the molecule is COc1ccccc1-n1c(=O)[nH]c2c(C(N)=O)nc(-c3cccc(F)c3)nc21. The molecule has 28 heavy (non-hydrogen) atoms. The molecular formula is C19H14FN5O3. The van der Waals surface area contributed by atoms with Gasteiger partial charge in [0.1, 0.15) is 17.1 Å². The van der Waals surface area contributed by atoms with Crippen molar-refractivity contribution in [1.29, 1.82) is 0 Å². The van der Waals surface area contributed by atoms with Crippen molar-refractivity contribution in [2.24, 2.45) is 5.73 Å². The average molecular weight is 379 g/mol. The fourth-order valence-corrected chi connectivity index (χ4v) is 2.96. The van der Waals surface area contributed by atoms with E-state index in [-0.39, 0.29) is 22.7 Å². The Labute approximate surface area is 157 Å². The minimum absolute atomic E-state index is 0.0587. The number of amides is 1. The molecule has 4 rings (SSSR count).